The molecule has 37 heavy (non-hydrogen) atoms. The largest absolute Gasteiger partial charge is 0.494 e. The van der Waals surface area contributed by atoms with Crippen LogP contribution in [-0.2, 0) is 10.0 Å². The van der Waals surface area contributed by atoms with E-state index >= 15 is 0 Å². The first-order valence-electron chi connectivity index (χ1n) is 12.3. The maximum Gasteiger partial charge on any atom is 0.260 e. The number of likely N-dealkylation sites (N-methyl/N-ethyl adjacent to an activating group) is 1. The van der Waals surface area contributed by atoms with Gasteiger partial charge in [-0.05, 0) is 82.2 Å². The van der Waals surface area contributed by atoms with Crippen LogP contribution < -0.4 is 9.64 Å². The Balaban J connectivity index is 0.00000380. The van der Waals surface area contributed by atoms with E-state index < -0.39 is 10.0 Å². The van der Waals surface area contributed by atoms with Crippen LogP contribution in [0.4, 0.5) is 5.13 Å². The molecule has 1 aliphatic rings. The molecule has 1 saturated heterocycles. The van der Waals surface area contributed by atoms with E-state index in [0.717, 1.165) is 28.8 Å². The van der Waals surface area contributed by atoms with Gasteiger partial charge in [-0.3, -0.25) is 9.69 Å². The van der Waals surface area contributed by atoms with Crippen molar-refractivity contribution in [2.45, 2.75) is 31.6 Å². The van der Waals surface area contributed by atoms with E-state index in [0.29, 0.717) is 49.4 Å². The van der Waals surface area contributed by atoms with Crippen LogP contribution in [0.15, 0.2) is 47.4 Å². The molecule has 1 aromatic heterocycles. The lowest BCUT2D eigenvalue weighted by atomic mass is 10.0. The number of amides is 1. The molecule has 202 valence electrons. The molecule has 0 N–H and O–H groups in total. The highest BCUT2D eigenvalue weighted by molar-refractivity contribution is 7.89. The van der Waals surface area contributed by atoms with Gasteiger partial charge in [-0.1, -0.05) is 18.3 Å². The maximum absolute atomic E-state index is 13.6. The molecule has 1 amide bonds. The molecular formula is C26H35ClN4O4S2. The van der Waals surface area contributed by atoms with Gasteiger partial charge in [0.1, 0.15) is 5.75 Å². The fourth-order valence-electron chi connectivity index (χ4n) is 4.29. The lowest BCUT2D eigenvalue weighted by molar-refractivity contribution is 0.0985. The molecule has 1 unspecified atom stereocenters. The molecule has 4 rings (SSSR count). The number of ether oxygens (including phenoxy) is 1. The summed E-state index contributed by atoms with van der Waals surface area (Å²) < 4.78 is 34.4. The first-order chi connectivity index (χ1) is 17.2. The van der Waals surface area contributed by atoms with E-state index in [1.807, 2.05) is 44.1 Å². The van der Waals surface area contributed by atoms with Gasteiger partial charge in [0.2, 0.25) is 10.0 Å². The zero-order valence-corrected chi connectivity index (χ0v) is 24.2. The summed E-state index contributed by atoms with van der Waals surface area (Å²) in [6.07, 6.45) is 1.91. The van der Waals surface area contributed by atoms with Crippen molar-refractivity contribution in [3.63, 3.8) is 0 Å². The average molecular weight is 567 g/mol. The molecule has 0 saturated carbocycles. The first kappa shape index (κ1) is 29.3. The lowest BCUT2D eigenvalue weighted by Gasteiger charge is -2.30. The van der Waals surface area contributed by atoms with E-state index in [1.54, 1.807) is 33.5 Å². The van der Waals surface area contributed by atoms with Crippen molar-refractivity contribution < 1.29 is 17.9 Å². The van der Waals surface area contributed by atoms with Crippen molar-refractivity contribution in [3.8, 4) is 5.75 Å². The zero-order chi connectivity index (χ0) is 25.9. The Morgan fingerprint density at radius 3 is 2.54 bits per heavy atom. The summed E-state index contributed by atoms with van der Waals surface area (Å²) in [6, 6.07) is 12.0. The van der Waals surface area contributed by atoms with Crippen molar-refractivity contribution in [3.05, 3.63) is 48.0 Å². The minimum Gasteiger partial charge on any atom is -0.494 e. The standard InChI is InChI=1S/C26H34N4O4S2.ClH/c1-5-34-21-10-13-23-24(17-21)35-26(27-23)30(16-15-28(3)4)25(31)20-8-11-22(12-9-20)36(32,33)29-14-6-7-19(2)18-29;/h8-13,17,19H,5-7,14-16,18H2,1-4H3;1H. The number of carbonyl (C=O) groups excluding carboxylic acids is 1. The Hall–Kier alpha value is -2.24. The van der Waals surface area contributed by atoms with Crippen LogP contribution in [0.1, 0.15) is 37.0 Å². The summed E-state index contributed by atoms with van der Waals surface area (Å²) in [5, 5.41) is 0.601. The zero-order valence-electron chi connectivity index (χ0n) is 21.7. The second-order valence-electron chi connectivity index (χ2n) is 9.45. The molecule has 11 heteroatoms. The maximum atomic E-state index is 13.6. The van der Waals surface area contributed by atoms with E-state index in [4.69, 9.17) is 9.72 Å². The minimum atomic E-state index is -3.58. The van der Waals surface area contributed by atoms with E-state index in [9.17, 15) is 13.2 Å². The number of thiazole rings is 1. The second-order valence-corrected chi connectivity index (χ2v) is 12.4. The quantitative estimate of drug-likeness (QED) is 0.372. The molecular weight excluding hydrogens is 532 g/mol. The summed E-state index contributed by atoms with van der Waals surface area (Å²) in [5.74, 6) is 0.904. The number of nitrogens with zero attached hydrogens (tertiary/aromatic N) is 4. The number of anilines is 1. The summed E-state index contributed by atoms with van der Waals surface area (Å²) in [5.41, 5.74) is 1.23. The third kappa shape index (κ3) is 6.80. The monoisotopic (exact) mass is 566 g/mol. The number of benzene rings is 2. The molecule has 1 fully saturated rings. The molecule has 0 spiro atoms. The topological polar surface area (TPSA) is 83.0 Å². The van der Waals surface area contributed by atoms with Crippen molar-refractivity contribution in [2.24, 2.45) is 5.92 Å². The van der Waals surface area contributed by atoms with Crippen LogP contribution in [0.5, 0.6) is 5.75 Å². The van der Waals surface area contributed by atoms with Crippen LogP contribution in [-0.4, -0.2) is 75.4 Å². The van der Waals surface area contributed by atoms with Gasteiger partial charge < -0.3 is 9.64 Å². The fourth-order valence-corrected chi connectivity index (χ4v) is 6.90. The van der Waals surface area contributed by atoms with E-state index in [-0.39, 0.29) is 23.2 Å². The molecule has 0 radical (unpaired) electrons. The van der Waals surface area contributed by atoms with E-state index in [2.05, 4.69) is 6.92 Å². The highest BCUT2D eigenvalue weighted by Crippen LogP contribution is 2.32. The highest BCUT2D eigenvalue weighted by atomic mass is 35.5. The second kappa shape index (κ2) is 12.5. The van der Waals surface area contributed by atoms with Crippen molar-refractivity contribution >= 4 is 55.0 Å². The SMILES string of the molecule is CCOc1ccc2nc(N(CCN(C)C)C(=O)c3ccc(S(=O)(=O)N4CCCC(C)C4)cc3)sc2c1.Cl. The van der Waals surface area contributed by atoms with Crippen molar-refractivity contribution in [1.29, 1.82) is 0 Å². The normalized spacial score (nSPS) is 16.5. The van der Waals surface area contributed by atoms with Gasteiger partial charge in [-0.2, -0.15) is 4.31 Å². The van der Waals surface area contributed by atoms with Crippen LogP contribution in [0.3, 0.4) is 0 Å². The van der Waals surface area contributed by atoms with Crippen molar-refractivity contribution in [2.75, 3.05) is 51.8 Å². The number of hydrogen-bond donors (Lipinski definition) is 0. The molecule has 2 aromatic carbocycles. The Morgan fingerprint density at radius 1 is 1.16 bits per heavy atom. The van der Waals surface area contributed by atoms with Gasteiger partial charge in [0.25, 0.3) is 5.91 Å². The highest BCUT2D eigenvalue weighted by Gasteiger charge is 2.29. The average Bonchev–Trinajstić information content (AvgIpc) is 3.27. The Labute approximate surface area is 229 Å². The van der Waals surface area contributed by atoms with Crippen LogP contribution in [0, 0.1) is 5.92 Å². The molecule has 2 heterocycles. The van der Waals surface area contributed by atoms with Gasteiger partial charge >= 0.3 is 0 Å². The Bertz CT molecular complexity index is 1310. The van der Waals surface area contributed by atoms with Crippen LogP contribution in [0.25, 0.3) is 10.2 Å². The fraction of sp³-hybridized carbons (Fsp3) is 0.462. The predicted molar refractivity (Wildman–Crippen MR) is 152 cm³/mol. The Morgan fingerprint density at radius 2 is 1.89 bits per heavy atom. The summed E-state index contributed by atoms with van der Waals surface area (Å²) >= 11 is 1.44. The first-order valence-corrected chi connectivity index (χ1v) is 14.5. The smallest absolute Gasteiger partial charge is 0.260 e. The van der Waals surface area contributed by atoms with Crippen LogP contribution >= 0.6 is 23.7 Å². The molecule has 8 nitrogen and oxygen atoms in total. The van der Waals surface area contributed by atoms with Gasteiger partial charge in [0, 0.05) is 31.7 Å². The molecule has 0 bridgehead atoms. The number of halogens is 1. The molecule has 3 aromatic rings. The number of piperidine rings is 1. The number of aromatic nitrogens is 1. The third-order valence-electron chi connectivity index (χ3n) is 6.27. The number of sulfonamides is 1. The summed E-state index contributed by atoms with van der Waals surface area (Å²) in [4.78, 5) is 22.2. The third-order valence-corrected chi connectivity index (χ3v) is 9.19. The summed E-state index contributed by atoms with van der Waals surface area (Å²) in [6.45, 7) is 6.77. The lowest BCUT2D eigenvalue weighted by Crippen LogP contribution is -2.39. The number of hydrogen-bond acceptors (Lipinski definition) is 7. The van der Waals surface area contributed by atoms with Gasteiger partial charge in [0.05, 0.1) is 21.7 Å². The molecule has 1 aliphatic heterocycles. The van der Waals surface area contributed by atoms with Crippen LogP contribution in [0.2, 0.25) is 0 Å². The minimum absolute atomic E-state index is 0. The number of carbonyl (C=O) groups is 1. The summed E-state index contributed by atoms with van der Waals surface area (Å²) in [7, 11) is 0.332. The predicted octanol–water partition coefficient (Wildman–Crippen LogP) is 4.75. The molecule has 0 aliphatic carbocycles. The van der Waals surface area contributed by atoms with E-state index in [1.165, 1.54) is 11.3 Å². The Kier molecular flexibility index (Phi) is 9.93. The van der Waals surface area contributed by atoms with Gasteiger partial charge in [-0.15, -0.1) is 12.4 Å². The van der Waals surface area contributed by atoms with Gasteiger partial charge in [-0.25, -0.2) is 13.4 Å². The number of rotatable bonds is 9. The van der Waals surface area contributed by atoms with Crippen molar-refractivity contribution in [1.82, 2.24) is 14.2 Å². The number of fused-ring (bicyclic) bond motifs is 1. The van der Waals surface area contributed by atoms with Gasteiger partial charge in [0.15, 0.2) is 5.13 Å². The molecule has 1 atom stereocenters.